The number of benzene rings is 3. The Bertz CT molecular complexity index is 1060. The minimum atomic E-state index is 0.191. The molecule has 0 saturated heterocycles. The topological polar surface area (TPSA) is 52.9 Å². The van der Waals surface area contributed by atoms with E-state index in [4.69, 9.17) is 4.74 Å². The molecule has 2 aliphatic heterocycles. The van der Waals surface area contributed by atoms with Crippen molar-refractivity contribution in [1.29, 1.82) is 0 Å². The lowest BCUT2D eigenvalue weighted by Gasteiger charge is -2.41. The summed E-state index contributed by atoms with van der Waals surface area (Å²) in [5, 5.41) is 20.8. The number of rotatable bonds is 3. The highest BCUT2D eigenvalue weighted by molar-refractivity contribution is 5.50. The zero-order valence-electron chi connectivity index (χ0n) is 16.6. The third-order valence-electron chi connectivity index (χ3n) is 6.23. The van der Waals surface area contributed by atoms with Crippen molar-refractivity contribution in [2.45, 2.75) is 39.0 Å². The molecule has 2 aliphatic rings. The minimum absolute atomic E-state index is 0.191. The van der Waals surface area contributed by atoms with Crippen LogP contribution in [0.3, 0.4) is 0 Å². The molecule has 3 aromatic rings. The average Bonchev–Trinajstić information content (AvgIpc) is 2.73. The van der Waals surface area contributed by atoms with Crippen LogP contribution in [-0.4, -0.2) is 21.7 Å². The fourth-order valence-corrected chi connectivity index (χ4v) is 4.61. The standard InChI is InChI=1S/C25H25NO3/c1-16-9-18-7-8-26-14-20-12-25(29-15-17-5-3-2-4-6-17)24(28)11-19(20)10-22(26)21(18)13-23(16)27/h2-6,9,11-13,22,27-28H,7-8,10,14-15H2,1H3. The van der Waals surface area contributed by atoms with Gasteiger partial charge in [-0.05, 0) is 71.3 Å². The molecule has 0 aromatic heterocycles. The third kappa shape index (κ3) is 3.34. The summed E-state index contributed by atoms with van der Waals surface area (Å²) in [5.41, 5.74) is 6.93. The zero-order valence-corrected chi connectivity index (χ0v) is 16.6. The molecule has 0 radical (unpaired) electrons. The Morgan fingerprint density at radius 1 is 0.966 bits per heavy atom. The Morgan fingerprint density at radius 2 is 1.79 bits per heavy atom. The molecule has 3 aromatic carbocycles. The Morgan fingerprint density at radius 3 is 2.62 bits per heavy atom. The summed E-state index contributed by atoms with van der Waals surface area (Å²) >= 11 is 0. The maximum Gasteiger partial charge on any atom is 0.161 e. The third-order valence-corrected chi connectivity index (χ3v) is 6.23. The highest BCUT2D eigenvalue weighted by Crippen LogP contribution is 2.42. The monoisotopic (exact) mass is 387 g/mol. The minimum Gasteiger partial charge on any atom is -0.508 e. The van der Waals surface area contributed by atoms with Gasteiger partial charge in [0, 0.05) is 19.1 Å². The van der Waals surface area contributed by atoms with Gasteiger partial charge < -0.3 is 14.9 Å². The van der Waals surface area contributed by atoms with Crippen molar-refractivity contribution < 1.29 is 14.9 Å². The Hall–Kier alpha value is -2.98. The summed E-state index contributed by atoms with van der Waals surface area (Å²) in [6.45, 7) is 4.22. The van der Waals surface area contributed by atoms with Crippen LogP contribution in [0.5, 0.6) is 17.2 Å². The number of hydrogen-bond acceptors (Lipinski definition) is 4. The molecule has 0 amide bonds. The molecule has 0 spiro atoms. The number of aromatic hydroxyl groups is 2. The van der Waals surface area contributed by atoms with Crippen LogP contribution in [0.1, 0.15) is 39.4 Å². The molecule has 4 nitrogen and oxygen atoms in total. The van der Waals surface area contributed by atoms with Crippen molar-refractivity contribution in [3.63, 3.8) is 0 Å². The number of ether oxygens (including phenoxy) is 1. The lowest BCUT2D eigenvalue weighted by atomic mass is 9.83. The summed E-state index contributed by atoms with van der Waals surface area (Å²) < 4.78 is 5.91. The first-order valence-electron chi connectivity index (χ1n) is 10.2. The Balaban J connectivity index is 1.42. The van der Waals surface area contributed by atoms with Crippen molar-refractivity contribution >= 4 is 0 Å². The molecule has 2 N–H and O–H groups in total. The quantitative estimate of drug-likeness (QED) is 0.687. The van der Waals surface area contributed by atoms with Crippen molar-refractivity contribution in [3.8, 4) is 17.2 Å². The van der Waals surface area contributed by atoms with Crippen LogP contribution >= 0.6 is 0 Å². The van der Waals surface area contributed by atoms with Gasteiger partial charge >= 0.3 is 0 Å². The molecule has 1 unspecified atom stereocenters. The van der Waals surface area contributed by atoms with Crippen molar-refractivity contribution in [1.82, 2.24) is 4.90 Å². The highest BCUT2D eigenvalue weighted by Gasteiger charge is 2.33. The van der Waals surface area contributed by atoms with Crippen LogP contribution in [0.25, 0.3) is 0 Å². The first-order chi connectivity index (χ1) is 14.1. The second-order valence-electron chi connectivity index (χ2n) is 8.14. The van der Waals surface area contributed by atoms with Crippen LogP contribution in [0.2, 0.25) is 0 Å². The molecule has 1 atom stereocenters. The first kappa shape index (κ1) is 18.1. The van der Waals surface area contributed by atoms with E-state index >= 15 is 0 Å². The maximum absolute atomic E-state index is 10.5. The molecule has 0 fully saturated rings. The summed E-state index contributed by atoms with van der Waals surface area (Å²) in [4.78, 5) is 2.47. The smallest absolute Gasteiger partial charge is 0.161 e. The predicted octanol–water partition coefficient (Wildman–Crippen LogP) is 4.64. The number of nitrogens with zero attached hydrogens (tertiary/aromatic N) is 1. The second-order valence-corrected chi connectivity index (χ2v) is 8.14. The fraction of sp³-hybridized carbons (Fsp3) is 0.280. The van der Waals surface area contributed by atoms with Crippen LogP contribution in [0, 0.1) is 6.92 Å². The highest BCUT2D eigenvalue weighted by atomic mass is 16.5. The molecule has 2 heterocycles. The molecule has 29 heavy (non-hydrogen) atoms. The largest absolute Gasteiger partial charge is 0.508 e. The maximum atomic E-state index is 10.5. The zero-order chi connectivity index (χ0) is 20.0. The fourth-order valence-electron chi connectivity index (χ4n) is 4.61. The summed E-state index contributed by atoms with van der Waals surface area (Å²) in [6, 6.07) is 18.1. The van der Waals surface area contributed by atoms with Crippen LogP contribution in [-0.2, 0) is 26.0 Å². The van der Waals surface area contributed by atoms with E-state index in [-0.39, 0.29) is 11.8 Å². The van der Waals surface area contributed by atoms with Gasteiger partial charge in [-0.15, -0.1) is 0 Å². The lowest BCUT2D eigenvalue weighted by molar-refractivity contribution is 0.160. The first-order valence-corrected chi connectivity index (χ1v) is 10.2. The molecule has 0 bridgehead atoms. The van der Waals surface area contributed by atoms with Gasteiger partial charge in [-0.1, -0.05) is 36.4 Å². The predicted molar refractivity (Wildman–Crippen MR) is 112 cm³/mol. The summed E-state index contributed by atoms with van der Waals surface area (Å²) in [6.07, 6.45) is 1.83. The molecular weight excluding hydrogens is 362 g/mol. The average molecular weight is 387 g/mol. The van der Waals surface area contributed by atoms with E-state index < -0.39 is 0 Å². The van der Waals surface area contributed by atoms with E-state index in [9.17, 15) is 10.2 Å². The number of phenolic OH excluding ortho intramolecular Hbond substituents is 2. The number of aryl methyl sites for hydroxylation is 1. The SMILES string of the molecule is Cc1cc2c(cc1O)C1Cc3cc(O)c(OCc4ccccc4)cc3CN1CC2. The van der Waals surface area contributed by atoms with Crippen molar-refractivity contribution in [3.05, 3.63) is 88.0 Å². The molecule has 5 rings (SSSR count). The number of fused-ring (bicyclic) bond motifs is 4. The van der Waals surface area contributed by atoms with E-state index in [0.717, 1.165) is 42.6 Å². The van der Waals surface area contributed by atoms with E-state index in [0.29, 0.717) is 18.1 Å². The lowest BCUT2D eigenvalue weighted by Crippen LogP contribution is -2.39. The summed E-state index contributed by atoms with van der Waals surface area (Å²) in [7, 11) is 0. The second kappa shape index (κ2) is 7.12. The number of hydrogen-bond donors (Lipinski definition) is 2. The Labute approximate surface area is 171 Å². The number of phenols is 2. The van der Waals surface area contributed by atoms with Crippen molar-refractivity contribution in [2.24, 2.45) is 0 Å². The van der Waals surface area contributed by atoms with Crippen LogP contribution in [0.15, 0.2) is 54.6 Å². The van der Waals surface area contributed by atoms with E-state index in [1.165, 1.54) is 16.7 Å². The van der Waals surface area contributed by atoms with Gasteiger partial charge in [-0.2, -0.15) is 0 Å². The van der Waals surface area contributed by atoms with Gasteiger partial charge in [-0.3, -0.25) is 4.90 Å². The molecular formula is C25H25NO3. The normalized spacial score (nSPS) is 17.9. The van der Waals surface area contributed by atoms with Gasteiger partial charge in [-0.25, -0.2) is 0 Å². The van der Waals surface area contributed by atoms with Gasteiger partial charge in [0.15, 0.2) is 11.5 Å². The van der Waals surface area contributed by atoms with E-state index in [1.54, 1.807) is 0 Å². The van der Waals surface area contributed by atoms with Gasteiger partial charge in [0.25, 0.3) is 0 Å². The molecule has 0 aliphatic carbocycles. The van der Waals surface area contributed by atoms with Gasteiger partial charge in [0.2, 0.25) is 0 Å². The Kier molecular flexibility index (Phi) is 4.44. The van der Waals surface area contributed by atoms with Crippen molar-refractivity contribution in [2.75, 3.05) is 6.54 Å². The molecule has 148 valence electrons. The van der Waals surface area contributed by atoms with Gasteiger partial charge in [0.1, 0.15) is 12.4 Å². The molecule has 0 saturated carbocycles. The van der Waals surface area contributed by atoms with E-state index in [1.807, 2.05) is 55.5 Å². The van der Waals surface area contributed by atoms with Crippen LogP contribution < -0.4 is 4.74 Å². The van der Waals surface area contributed by atoms with E-state index in [2.05, 4.69) is 11.0 Å². The summed E-state index contributed by atoms with van der Waals surface area (Å²) in [5.74, 6) is 1.09. The van der Waals surface area contributed by atoms with Crippen LogP contribution in [0.4, 0.5) is 0 Å². The van der Waals surface area contributed by atoms with Gasteiger partial charge in [0.05, 0.1) is 0 Å². The molecule has 4 heteroatoms.